The summed E-state index contributed by atoms with van der Waals surface area (Å²) in [6, 6.07) is 0.129. The predicted octanol–water partition coefficient (Wildman–Crippen LogP) is 0.797. The van der Waals surface area contributed by atoms with Crippen LogP contribution in [0.4, 0.5) is 4.79 Å². The van der Waals surface area contributed by atoms with Gasteiger partial charge in [-0.2, -0.15) is 16.9 Å². The molecule has 1 aliphatic rings. The molecule has 12 heavy (non-hydrogen) atoms. The van der Waals surface area contributed by atoms with E-state index >= 15 is 0 Å². The van der Waals surface area contributed by atoms with Crippen molar-refractivity contribution in [2.75, 3.05) is 11.5 Å². The van der Waals surface area contributed by atoms with Gasteiger partial charge in [-0.3, -0.25) is 0 Å². The van der Waals surface area contributed by atoms with Gasteiger partial charge < -0.3 is 5.32 Å². The van der Waals surface area contributed by atoms with Crippen molar-refractivity contribution in [2.45, 2.75) is 19.9 Å². The molecule has 2 amide bonds. The van der Waals surface area contributed by atoms with Crippen LogP contribution in [0.1, 0.15) is 13.8 Å². The third kappa shape index (κ3) is 3.13. The number of nitrogens with zero attached hydrogens (tertiary/aromatic N) is 1. The van der Waals surface area contributed by atoms with Crippen LogP contribution in [0.3, 0.4) is 0 Å². The van der Waals surface area contributed by atoms with Crippen molar-refractivity contribution in [3.63, 3.8) is 0 Å². The van der Waals surface area contributed by atoms with E-state index in [-0.39, 0.29) is 6.03 Å². The molecule has 0 atom stereocenters. The van der Waals surface area contributed by atoms with Crippen LogP contribution in [-0.4, -0.2) is 29.3 Å². The van der Waals surface area contributed by atoms with Crippen LogP contribution in [0.2, 0.25) is 0 Å². The van der Waals surface area contributed by atoms with Gasteiger partial charge in [0, 0.05) is 23.3 Å². The molecule has 0 unspecified atom stereocenters. The highest BCUT2D eigenvalue weighted by Crippen LogP contribution is 2.16. The Hall–Kier alpha value is -0.710. The minimum Gasteiger partial charge on any atom is -0.332 e. The lowest BCUT2D eigenvalue weighted by atomic mass is 10.4. The van der Waals surface area contributed by atoms with Gasteiger partial charge in [-0.1, -0.05) is 0 Å². The number of nitrogens with one attached hydrogen (secondary N) is 2. The van der Waals surface area contributed by atoms with E-state index in [1.807, 2.05) is 25.6 Å². The molecule has 5 heteroatoms. The average molecular weight is 187 g/mol. The average Bonchev–Trinajstić information content (AvgIpc) is 1.93. The Morgan fingerprint density at radius 2 is 2.17 bits per heavy atom. The van der Waals surface area contributed by atoms with E-state index in [2.05, 4.69) is 15.8 Å². The van der Waals surface area contributed by atoms with Crippen molar-refractivity contribution < 1.29 is 4.79 Å². The normalized spacial score (nSPS) is 16.2. The predicted molar refractivity (Wildman–Crippen MR) is 51.6 cm³/mol. The maximum Gasteiger partial charge on any atom is 0.335 e. The second-order valence-corrected chi connectivity index (χ2v) is 3.95. The molecule has 0 spiro atoms. The summed E-state index contributed by atoms with van der Waals surface area (Å²) in [6.45, 7) is 3.67. The molecule has 0 aromatic heterocycles. The summed E-state index contributed by atoms with van der Waals surface area (Å²) in [6.07, 6.45) is 0. The lowest BCUT2D eigenvalue weighted by Gasteiger charge is -2.25. The maximum absolute atomic E-state index is 11.0. The number of hydrogen-bond donors (Lipinski definition) is 2. The first-order valence-electron chi connectivity index (χ1n) is 3.83. The highest BCUT2D eigenvalue weighted by atomic mass is 32.2. The summed E-state index contributed by atoms with van der Waals surface area (Å²) in [5, 5.41) is 6.58. The van der Waals surface area contributed by atoms with Crippen LogP contribution in [0.25, 0.3) is 0 Å². The Kier molecular flexibility index (Phi) is 3.40. The number of hydrogen-bond acceptors (Lipinski definition) is 3. The van der Waals surface area contributed by atoms with Crippen molar-refractivity contribution >= 4 is 23.5 Å². The summed E-state index contributed by atoms with van der Waals surface area (Å²) in [7, 11) is 0. The fraction of sp³-hybridized carbons (Fsp3) is 0.714. The SMILES string of the molecule is CC(C)=NNC(=O)NC1CSC1. The van der Waals surface area contributed by atoms with E-state index in [0.717, 1.165) is 17.2 Å². The molecule has 0 aromatic rings. The molecule has 1 fully saturated rings. The van der Waals surface area contributed by atoms with E-state index in [4.69, 9.17) is 0 Å². The molecule has 0 aromatic carbocycles. The van der Waals surface area contributed by atoms with E-state index in [9.17, 15) is 4.79 Å². The second-order valence-electron chi connectivity index (χ2n) is 2.88. The summed E-state index contributed by atoms with van der Waals surface area (Å²) >= 11 is 1.83. The number of carbonyl (C=O) groups excluding carboxylic acids is 1. The number of carbonyl (C=O) groups is 1. The fourth-order valence-corrected chi connectivity index (χ4v) is 1.34. The first-order chi connectivity index (χ1) is 5.68. The van der Waals surface area contributed by atoms with Gasteiger partial charge in [0.15, 0.2) is 0 Å². The van der Waals surface area contributed by atoms with Crippen LogP contribution in [0, 0.1) is 0 Å². The lowest BCUT2D eigenvalue weighted by Crippen LogP contribution is -2.47. The van der Waals surface area contributed by atoms with Crippen LogP contribution < -0.4 is 10.7 Å². The number of rotatable bonds is 2. The summed E-state index contributed by atoms with van der Waals surface area (Å²) in [4.78, 5) is 11.0. The van der Waals surface area contributed by atoms with Crippen LogP contribution in [-0.2, 0) is 0 Å². The molecule has 68 valence electrons. The molecule has 4 nitrogen and oxygen atoms in total. The maximum atomic E-state index is 11.0. The quantitative estimate of drug-likeness (QED) is 0.496. The van der Waals surface area contributed by atoms with Crippen LogP contribution in [0.15, 0.2) is 5.10 Å². The number of hydrazone groups is 1. The molecule has 0 saturated carbocycles. The molecule has 0 bridgehead atoms. The van der Waals surface area contributed by atoms with Crippen molar-refractivity contribution in [3.05, 3.63) is 0 Å². The highest BCUT2D eigenvalue weighted by Gasteiger charge is 2.19. The monoisotopic (exact) mass is 187 g/mol. The van der Waals surface area contributed by atoms with Crippen LogP contribution in [0.5, 0.6) is 0 Å². The number of amides is 2. The lowest BCUT2D eigenvalue weighted by molar-refractivity contribution is 0.239. The highest BCUT2D eigenvalue weighted by molar-refractivity contribution is 8.00. The third-order valence-corrected chi connectivity index (χ3v) is 2.63. The molecule has 2 N–H and O–H groups in total. The summed E-state index contributed by atoms with van der Waals surface area (Å²) in [5.74, 6) is 2.03. The van der Waals surface area contributed by atoms with Gasteiger partial charge in [-0.15, -0.1) is 0 Å². The zero-order chi connectivity index (χ0) is 8.97. The van der Waals surface area contributed by atoms with Gasteiger partial charge in [-0.05, 0) is 13.8 Å². The molecule has 1 rings (SSSR count). The van der Waals surface area contributed by atoms with Gasteiger partial charge in [0.2, 0.25) is 0 Å². The smallest absolute Gasteiger partial charge is 0.332 e. The Morgan fingerprint density at radius 3 is 2.58 bits per heavy atom. The van der Waals surface area contributed by atoms with Gasteiger partial charge in [-0.25, -0.2) is 10.2 Å². The zero-order valence-electron chi connectivity index (χ0n) is 7.26. The van der Waals surface area contributed by atoms with Gasteiger partial charge in [0.25, 0.3) is 0 Å². The van der Waals surface area contributed by atoms with Crippen molar-refractivity contribution in [1.82, 2.24) is 10.7 Å². The first-order valence-corrected chi connectivity index (χ1v) is 4.99. The minimum atomic E-state index is -0.207. The molecule has 1 aliphatic heterocycles. The number of thioether (sulfide) groups is 1. The van der Waals surface area contributed by atoms with Gasteiger partial charge in [0.05, 0.1) is 0 Å². The molecule has 0 aliphatic carbocycles. The Bertz CT molecular complexity index is 197. The van der Waals surface area contributed by atoms with E-state index in [1.54, 1.807) is 0 Å². The first kappa shape index (κ1) is 9.38. The van der Waals surface area contributed by atoms with Crippen molar-refractivity contribution in [2.24, 2.45) is 5.10 Å². The molecule has 1 heterocycles. The minimum absolute atomic E-state index is 0.207. The van der Waals surface area contributed by atoms with Crippen molar-refractivity contribution in [1.29, 1.82) is 0 Å². The molecular formula is C7H13N3OS. The van der Waals surface area contributed by atoms with Crippen LogP contribution >= 0.6 is 11.8 Å². The van der Waals surface area contributed by atoms with E-state index < -0.39 is 0 Å². The largest absolute Gasteiger partial charge is 0.335 e. The molecule has 1 saturated heterocycles. The van der Waals surface area contributed by atoms with E-state index in [0.29, 0.717) is 6.04 Å². The fourth-order valence-electron chi connectivity index (χ4n) is 0.699. The van der Waals surface area contributed by atoms with Crippen molar-refractivity contribution in [3.8, 4) is 0 Å². The Labute approximate surface area is 76.2 Å². The van der Waals surface area contributed by atoms with Gasteiger partial charge in [0.1, 0.15) is 0 Å². The Balaban J connectivity index is 2.15. The standard InChI is InChI=1S/C7H13N3OS/c1-5(2)9-10-7(11)8-6-3-12-4-6/h6H,3-4H2,1-2H3,(H2,8,10,11). The topological polar surface area (TPSA) is 53.5 Å². The molecular weight excluding hydrogens is 174 g/mol. The summed E-state index contributed by atoms with van der Waals surface area (Å²) in [5.41, 5.74) is 3.25. The molecule has 0 radical (unpaired) electrons. The summed E-state index contributed by atoms with van der Waals surface area (Å²) < 4.78 is 0. The zero-order valence-corrected chi connectivity index (χ0v) is 8.07. The number of urea groups is 1. The van der Waals surface area contributed by atoms with E-state index in [1.165, 1.54) is 0 Å². The third-order valence-electron chi connectivity index (χ3n) is 1.35. The Morgan fingerprint density at radius 1 is 1.50 bits per heavy atom. The van der Waals surface area contributed by atoms with Gasteiger partial charge >= 0.3 is 6.03 Å². The second kappa shape index (κ2) is 4.35.